The minimum atomic E-state index is -1.61. The fourth-order valence-electron chi connectivity index (χ4n) is 6.05. The maximum Gasteiger partial charge on any atom is 0.490 e. The fraction of sp³-hybridized carbons (Fsp3) is 0.0357. The van der Waals surface area contributed by atoms with E-state index in [0.717, 1.165) is 16.5 Å². The van der Waals surface area contributed by atoms with Gasteiger partial charge >= 0.3 is 7.12 Å². The van der Waals surface area contributed by atoms with Gasteiger partial charge in [-0.1, -0.05) is 84.9 Å². The van der Waals surface area contributed by atoms with Crippen LogP contribution in [0.4, 0.5) is 0 Å². The molecule has 0 radical (unpaired) electrons. The van der Waals surface area contributed by atoms with Crippen molar-refractivity contribution in [3.05, 3.63) is 119 Å². The first-order valence-corrected chi connectivity index (χ1v) is 10.8. The molecule has 32 heavy (non-hydrogen) atoms. The number of pyridine rings is 1. The molecule has 0 saturated heterocycles. The lowest BCUT2D eigenvalue weighted by Crippen LogP contribution is -2.34. The third-order valence-electron chi connectivity index (χ3n) is 7.15. The summed E-state index contributed by atoms with van der Waals surface area (Å²) in [6.07, 6.45) is 1.71. The van der Waals surface area contributed by atoms with Crippen molar-refractivity contribution in [1.82, 2.24) is 4.98 Å². The van der Waals surface area contributed by atoms with E-state index in [1.165, 1.54) is 33.4 Å². The van der Waals surface area contributed by atoms with Crippen LogP contribution in [0.2, 0.25) is 0 Å². The van der Waals surface area contributed by atoms with Crippen LogP contribution in [0, 0.1) is 0 Å². The van der Waals surface area contributed by atoms with Gasteiger partial charge < -0.3 is 10.0 Å². The van der Waals surface area contributed by atoms with E-state index < -0.39 is 12.5 Å². The monoisotopic (exact) mass is 411 g/mol. The molecular formula is C28H18BNO2. The van der Waals surface area contributed by atoms with Crippen molar-refractivity contribution < 1.29 is 10.0 Å². The van der Waals surface area contributed by atoms with Gasteiger partial charge in [-0.3, -0.25) is 4.98 Å². The summed E-state index contributed by atoms with van der Waals surface area (Å²) >= 11 is 0. The molecule has 0 amide bonds. The zero-order valence-corrected chi connectivity index (χ0v) is 17.2. The van der Waals surface area contributed by atoms with Gasteiger partial charge in [0.1, 0.15) is 0 Å². The van der Waals surface area contributed by atoms with E-state index in [1.54, 1.807) is 6.20 Å². The zero-order valence-electron chi connectivity index (χ0n) is 17.2. The molecule has 7 rings (SSSR count). The number of fused-ring (bicyclic) bond motifs is 12. The molecule has 5 aromatic rings. The van der Waals surface area contributed by atoms with Crippen molar-refractivity contribution in [2.24, 2.45) is 0 Å². The SMILES string of the molecule is OB(O)c1cc2c(c3cccnc13)-c1ccccc1C21c2ccccc2-c2ccccc21. The normalized spacial score (nSPS) is 14.2. The molecule has 4 aromatic carbocycles. The first-order chi connectivity index (χ1) is 15.7. The highest BCUT2D eigenvalue weighted by molar-refractivity contribution is 6.62. The second kappa shape index (κ2) is 6.16. The average molecular weight is 411 g/mol. The Balaban J connectivity index is 1.76. The van der Waals surface area contributed by atoms with Gasteiger partial charge in [-0.15, -0.1) is 0 Å². The molecule has 2 aliphatic rings. The average Bonchev–Trinajstić information content (AvgIpc) is 3.31. The summed E-state index contributed by atoms with van der Waals surface area (Å²) in [5.41, 5.74) is 10.1. The second-order valence-electron chi connectivity index (χ2n) is 8.55. The first-order valence-electron chi connectivity index (χ1n) is 10.8. The van der Waals surface area contributed by atoms with Gasteiger partial charge in [0, 0.05) is 17.0 Å². The molecule has 0 fully saturated rings. The van der Waals surface area contributed by atoms with E-state index in [9.17, 15) is 10.0 Å². The molecule has 2 aliphatic carbocycles. The summed E-state index contributed by atoms with van der Waals surface area (Å²) in [5.74, 6) is 0. The Hall–Kier alpha value is -3.73. The topological polar surface area (TPSA) is 53.4 Å². The molecule has 3 nitrogen and oxygen atoms in total. The van der Waals surface area contributed by atoms with Crippen LogP contribution >= 0.6 is 0 Å². The highest BCUT2D eigenvalue weighted by atomic mass is 16.4. The molecule has 4 heteroatoms. The maximum atomic E-state index is 10.3. The lowest BCUT2D eigenvalue weighted by Gasteiger charge is -2.31. The van der Waals surface area contributed by atoms with E-state index in [2.05, 4.69) is 77.8 Å². The summed E-state index contributed by atoms with van der Waals surface area (Å²) in [6.45, 7) is 0. The van der Waals surface area contributed by atoms with Gasteiger partial charge in [0.2, 0.25) is 0 Å². The molecule has 150 valence electrons. The van der Waals surface area contributed by atoms with Crippen molar-refractivity contribution in [3.63, 3.8) is 0 Å². The Bertz CT molecular complexity index is 1530. The summed E-state index contributed by atoms with van der Waals surface area (Å²) < 4.78 is 0. The molecule has 0 aliphatic heterocycles. The highest BCUT2D eigenvalue weighted by Gasteiger charge is 2.52. The van der Waals surface area contributed by atoms with E-state index in [0.29, 0.717) is 11.0 Å². The second-order valence-corrected chi connectivity index (χ2v) is 8.55. The third-order valence-corrected chi connectivity index (χ3v) is 7.15. The molecule has 1 spiro atoms. The van der Waals surface area contributed by atoms with Crippen LogP contribution in [-0.4, -0.2) is 22.2 Å². The predicted octanol–water partition coefficient (Wildman–Crippen LogP) is 4.26. The Labute approximate surface area is 185 Å². The van der Waals surface area contributed by atoms with Crippen molar-refractivity contribution in [2.45, 2.75) is 5.41 Å². The largest absolute Gasteiger partial charge is 0.490 e. The van der Waals surface area contributed by atoms with E-state index in [1.807, 2.05) is 18.2 Å². The van der Waals surface area contributed by atoms with Crippen molar-refractivity contribution in [3.8, 4) is 22.3 Å². The number of hydrogen-bond donors (Lipinski definition) is 2. The quantitative estimate of drug-likeness (QED) is 0.397. The lowest BCUT2D eigenvalue weighted by atomic mass is 9.68. The Morgan fingerprint density at radius 1 is 0.625 bits per heavy atom. The molecule has 2 N–H and O–H groups in total. The summed E-state index contributed by atoms with van der Waals surface area (Å²) in [5, 5.41) is 21.6. The summed E-state index contributed by atoms with van der Waals surface area (Å²) in [4.78, 5) is 4.54. The highest BCUT2D eigenvalue weighted by Crippen LogP contribution is 2.63. The zero-order chi connectivity index (χ0) is 21.4. The molecule has 0 unspecified atom stereocenters. The number of hydrogen-bond acceptors (Lipinski definition) is 3. The summed E-state index contributed by atoms with van der Waals surface area (Å²) in [7, 11) is -1.61. The smallest absolute Gasteiger partial charge is 0.423 e. The first kappa shape index (κ1) is 17.9. The minimum Gasteiger partial charge on any atom is -0.423 e. The van der Waals surface area contributed by atoms with Crippen LogP contribution in [0.25, 0.3) is 33.2 Å². The predicted molar refractivity (Wildman–Crippen MR) is 128 cm³/mol. The van der Waals surface area contributed by atoms with Gasteiger partial charge in [-0.05, 0) is 50.6 Å². The fourth-order valence-corrected chi connectivity index (χ4v) is 6.05. The van der Waals surface area contributed by atoms with E-state index in [4.69, 9.17) is 0 Å². The van der Waals surface area contributed by atoms with Crippen molar-refractivity contribution >= 4 is 23.5 Å². The van der Waals surface area contributed by atoms with Crippen molar-refractivity contribution in [1.29, 1.82) is 0 Å². The number of nitrogens with zero attached hydrogens (tertiary/aromatic N) is 1. The number of rotatable bonds is 1. The van der Waals surface area contributed by atoms with Gasteiger partial charge in [0.05, 0.1) is 10.9 Å². The number of aromatic nitrogens is 1. The van der Waals surface area contributed by atoms with Gasteiger partial charge in [0.25, 0.3) is 0 Å². The Kier molecular flexibility index (Phi) is 3.45. The molecule has 1 aromatic heterocycles. The van der Waals surface area contributed by atoms with Gasteiger partial charge in [0.15, 0.2) is 0 Å². The lowest BCUT2D eigenvalue weighted by molar-refractivity contribution is 0.426. The van der Waals surface area contributed by atoms with Crippen LogP contribution in [0.5, 0.6) is 0 Å². The summed E-state index contributed by atoms with van der Waals surface area (Å²) in [6, 6.07) is 31.6. The van der Waals surface area contributed by atoms with Crippen LogP contribution in [0.15, 0.2) is 97.2 Å². The van der Waals surface area contributed by atoms with Gasteiger partial charge in [-0.2, -0.15) is 0 Å². The molecule has 0 saturated carbocycles. The van der Waals surface area contributed by atoms with Crippen LogP contribution in [0.1, 0.15) is 22.3 Å². The molecule has 0 bridgehead atoms. The van der Waals surface area contributed by atoms with Crippen LogP contribution < -0.4 is 5.46 Å². The third kappa shape index (κ3) is 1.97. The standard InChI is InChI=1S/C28H18BNO2/c31-29(32)25-16-24-26(20-11-7-15-30-27(20)25)19-10-3-6-14-23(19)28(24)21-12-4-1-8-17(21)18-9-2-5-13-22(18)28/h1-16,31-32H. The number of benzene rings is 4. The van der Waals surface area contributed by atoms with Crippen molar-refractivity contribution in [2.75, 3.05) is 0 Å². The van der Waals surface area contributed by atoms with Crippen LogP contribution in [-0.2, 0) is 5.41 Å². The molecule has 0 atom stereocenters. The Morgan fingerprint density at radius 2 is 1.19 bits per heavy atom. The van der Waals surface area contributed by atoms with Crippen LogP contribution in [0.3, 0.4) is 0 Å². The molecular weight excluding hydrogens is 393 g/mol. The maximum absolute atomic E-state index is 10.3. The molecule has 1 heterocycles. The van der Waals surface area contributed by atoms with Gasteiger partial charge in [-0.25, -0.2) is 0 Å². The van der Waals surface area contributed by atoms with E-state index >= 15 is 0 Å². The van der Waals surface area contributed by atoms with E-state index in [-0.39, 0.29) is 0 Å². The Morgan fingerprint density at radius 3 is 1.81 bits per heavy atom. The minimum absolute atomic E-state index is 0.438.